The van der Waals surface area contributed by atoms with Gasteiger partial charge in [-0.3, -0.25) is 9.69 Å². The molecule has 1 saturated heterocycles. The highest BCUT2D eigenvalue weighted by Crippen LogP contribution is 2.49. The maximum absolute atomic E-state index is 13.3. The van der Waals surface area contributed by atoms with Gasteiger partial charge in [-0.2, -0.15) is 0 Å². The molecule has 8 heteroatoms. The quantitative estimate of drug-likeness (QED) is 0.453. The number of carbonyl (C=O) groups excluding carboxylic acids is 2. The molecule has 1 aliphatic carbocycles. The standard InChI is InChI=1S/C29H41N3O4S/c1-6-31(7-2)22-13-11-21(12-14-22)26-23-10-8-9-15-29(23,35)16-17-32(26)18-24(33)30-27-25(28(34)36-5)19(3)20(4)37-27/h11-14,23,26,35H,6-10,15-18H2,1-5H3,(H,30,33)/t23-,26-,29+/m1/s1. The monoisotopic (exact) mass is 527 g/mol. The van der Waals surface area contributed by atoms with Gasteiger partial charge in [0.15, 0.2) is 0 Å². The zero-order valence-electron chi connectivity index (χ0n) is 22.8. The lowest BCUT2D eigenvalue weighted by Gasteiger charge is -2.52. The summed E-state index contributed by atoms with van der Waals surface area (Å²) >= 11 is 1.40. The van der Waals surface area contributed by atoms with Crippen molar-refractivity contribution in [3.05, 3.63) is 45.8 Å². The highest BCUT2D eigenvalue weighted by atomic mass is 32.1. The number of rotatable bonds is 8. The number of fused-ring (bicyclic) bond motifs is 1. The van der Waals surface area contributed by atoms with E-state index in [1.807, 2.05) is 13.8 Å². The van der Waals surface area contributed by atoms with Crippen LogP contribution in [0.3, 0.4) is 0 Å². The number of likely N-dealkylation sites (tertiary alicyclic amines) is 1. The number of aliphatic hydroxyl groups is 1. The van der Waals surface area contributed by atoms with Gasteiger partial charge in [-0.1, -0.05) is 25.0 Å². The lowest BCUT2D eigenvalue weighted by atomic mass is 9.66. The molecule has 2 fully saturated rings. The van der Waals surface area contributed by atoms with E-state index in [0.717, 1.165) is 54.8 Å². The van der Waals surface area contributed by atoms with Gasteiger partial charge < -0.3 is 20.1 Å². The van der Waals surface area contributed by atoms with Crippen LogP contribution >= 0.6 is 11.3 Å². The summed E-state index contributed by atoms with van der Waals surface area (Å²) in [5, 5.41) is 15.1. The van der Waals surface area contributed by atoms with Crippen LogP contribution in [0.25, 0.3) is 0 Å². The maximum atomic E-state index is 13.3. The molecule has 2 N–H and O–H groups in total. The van der Waals surface area contributed by atoms with Crippen LogP contribution in [0.4, 0.5) is 10.7 Å². The van der Waals surface area contributed by atoms with Crippen LogP contribution in [0.15, 0.2) is 24.3 Å². The first-order chi connectivity index (χ1) is 17.7. The van der Waals surface area contributed by atoms with Gasteiger partial charge in [0.1, 0.15) is 5.00 Å². The highest BCUT2D eigenvalue weighted by molar-refractivity contribution is 7.16. The lowest BCUT2D eigenvalue weighted by molar-refractivity contribution is -0.135. The largest absolute Gasteiger partial charge is 0.465 e. The average molecular weight is 528 g/mol. The highest BCUT2D eigenvalue weighted by Gasteiger charge is 2.49. The Morgan fingerprint density at radius 3 is 2.51 bits per heavy atom. The van der Waals surface area contributed by atoms with Crippen molar-refractivity contribution in [3.63, 3.8) is 0 Å². The molecule has 1 aromatic carbocycles. The van der Waals surface area contributed by atoms with Crippen LogP contribution in [-0.2, 0) is 9.53 Å². The van der Waals surface area contributed by atoms with Crippen molar-refractivity contribution in [2.45, 2.75) is 71.4 Å². The predicted molar refractivity (Wildman–Crippen MR) is 150 cm³/mol. The van der Waals surface area contributed by atoms with Crippen LogP contribution in [0, 0.1) is 19.8 Å². The molecule has 0 unspecified atom stereocenters. The zero-order valence-corrected chi connectivity index (χ0v) is 23.6. The molecule has 1 amide bonds. The molecule has 1 saturated carbocycles. The number of hydrogen-bond donors (Lipinski definition) is 2. The lowest BCUT2D eigenvalue weighted by Crippen LogP contribution is -2.56. The van der Waals surface area contributed by atoms with E-state index >= 15 is 0 Å². The minimum absolute atomic E-state index is 0.0394. The third-order valence-electron chi connectivity index (χ3n) is 8.41. The van der Waals surface area contributed by atoms with E-state index in [1.54, 1.807) is 0 Å². The molecular formula is C29H41N3O4S. The Bertz CT molecular complexity index is 1110. The number of ether oxygens (including phenoxy) is 1. The van der Waals surface area contributed by atoms with E-state index in [1.165, 1.54) is 24.1 Å². The minimum Gasteiger partial charge on any atom is -0.465 e. The summed E-state index contributed by atoms with van der Waals surface area (Å²) in [6.45, 7) is 10.9. The molecule has 0 spiro atoms. The number of esters is 1. The van der Waals surface area contributed by atoms with E-state index in [2.05, 4.69) is 53.2 Å². The number of amides is 1. The molecule has 2 heterocycles. The molecule has 1 aromatic heterocycles. The van der Waals surface area contributed by atoms with Crippen molar-refractivity contribution in [2.24, 2.45) is 5.92 Å². The van der Waals surface area contributed by atoms with Crippen LogP contribution in [-0.4, -0.2) is 60.8 Å². The fourth-order valence-electron chi connectivity index (χ4n) is 6.25. The van der Waals surface area contributed by atoms with Crippen molar-refractivity contribution in [1.29, 1.82) is 0 Å². The van der Waals surface area contributed by atoms with E-state index in [9.17, 15) is 14.7 Å². The Balaban J connectivity index is 1.60. The number of anilines is 2. The Labute approximate surface area is 224 Å². The zero-order chi connectivity index (χ0) is 26.7. The van der Waals surface area contributed by atoms with Crippen molar-refractivity contribution < 1.29 is 19.4 Å². The van der Waals surface area contributed by atoms with Crippen molar-refractivity contribution in [3.8, 4) is 0 Å². The molecule has 1 aliphatic heterocycles. The Morgan fingerprint density at radius 2 is 1.86 bits per heavy atom. The molecule has 4 rings (SSSR count). The molecule has 0 radical (unpaired) electrons. The number of benzene rings is 1. The normalized spacial score (nSPS) is 23.8. The van der Waals surface area contributed by atoms with Gasteiger partial charge in [0.2, 0.25) is 5.91 Å². The van der Waals surface area contributed by atoms with Gasteiger partial charge in [-0.15, -0.1) is 11.3 Å². The number of nitrogens with zero attached hydrogens (tertiary/aromatic N) is 2. The van der Waals surface area contributed by atoms with Gasteiger partial charge in [0.25, 0.3) is 0 Å². The number of hydrogen-bond acceptors (Lipinski definition) is 7. The minimum atomic E-state index is -0.687. The number of carbonyl (C=O) groups is 2. The topological polar surface area (TPSA) is 82.1 Å². The van der Waals surface area contributed by atoms with Gasteiger partial charge >= 0.3 is 5.97 Å². The van der Waals surface area contributed by atoms with Gasteiger partial charge in [0.05, 0.1) is 24.8 Å². The van der Waals surface area contributed by atoms with Gasteiger partial charge in [-0.05, 0) is 70.2 Å². The average Bonchev–Trinajstić information content (AvgIpc) is 3.17. The van der Waals surface area contributed by atoms with Crippen LogP contribution in [0.2, 0.25) is 0 Å². The van der Waals surface area contributed by atoms with Crippen LogP contribution in [0.5, 0.6) is 0 Å². The summed E-state index contributed by atoms with van der Waals surface area (Å²) in [4.78, 5) is 31.2. The van der Waals surface area contributed by atoms with Gasteiger partial charge in [-0.25, -0.2) is 4.79 Å². The van der Waals surface area contributed by atoms with Crippen molar-refractivity contribution in [1.82, 2.24) is 4.90 Å². The summed E-state index contributed by atoms with van der Waals surface area (Å²) in [6.07, 6.45) is 4.59. The summed E-state index contributed by atoms with van der Waals surface area (Å²) in [7, 11) is 1.36. The predicted octanol–water partition coefficient (Wildman–Crippen LogP) is 5.30. The molecule has 2 aromatic rings. The maximum Gasteiger partial charge on any atom is 0.341 e. The number of piperidine rings is 1. The first-order valence-corrected chi connectivity index (χ1v) is 14.3. The molecule has 202 valence electrons. The van der Waals surface area contributed by atoms with Crippen molar-refractivity contribution >= 4 is 33.9 Å². The van der Waals surface area contributed by atoms with E-state index in [-0.39, 0.29) is 24.4 Å². The third-order valence-corrected chi connectivity index (χ3v) is 9.53. The number of aryl methyl sites for hydroxylation is 1. The second kappa shape index (κ2) is 11.5. The first-order valence-electron chi connectivity index (χ1n) is 13.5. The molecule has 3 atom stereocenters. The second-order valence-electron chi connectivity index (χ2n) is 10.4. The summed E-state index contributed by atoms with van der Waals surface area (Å²) < 4.78 is 4.97. The fourth-order valence-corrected chi connectivity index (χ4v) is 7.31. The molecule has 37 heavy (non-hydrogen) atoms. The van der Waals surface area contributed by atoms with E-state index in [0.29, 0.717) is 23.5 Å². The Morgan fingerprint density at radius 1 is 1.16 bits per heavy atom. The number of nitrogens with one attached hydrogen (secondary N) is 1. The first kappa shape index (κ1) is 27.6. The fraction of sp³-hybridized carbons (Fsp3) is 0.586. The van der Waals surface area contributed by atoms with Crippen LogP contribution < -0.4 is 10.2 Å². The molecule has 0 bridgehead atoms. The smallest absolute Gasteiger partial charge is 0.341 e. The number of methoxy groups -OCH3 is 1. The van der Waals surface area contributed by atoms with Crippen molar-refractivity contribution in [2.75, 3.05) is 43.5 Å². The third kappa shape index (κ3) is 5.56. The molecular weight excluding hydrogens is 486 g/mol. The van der Waals surface area contributed by atoms with E-state index < -0.39 is 11.6 Å². The Kier molecular flexibility index (Phi) is 8.61. The second-order valence-corrected chi connectivity index (χ2v) is 11.6. The summed E-state index contributed by atoms with van der Waals surface area (Å²) in [5.74, 6) is -0.509. The SMILES string of the molecule is CCN(CC)c1ccc([C@@H]2[C@H]3CCCC[C@]3(O)CCN2CC(=O)Nc2sc(C)c(C)c2C(=O)OC)cc1. The summed E-state index contributed by atoms with van der Waals surface area (Å²) in [5.41, 5.74) is 2.91. The Hall–Kier alpha value is -2.42. The number of thiophene rings is 1. The van der Waals surface area contributed by atoms with E-state index in [4.69, 9.17) is 4.74 Å². The van der Waals surface area contributed by atoms with Crippen LogP contribution in [0.1, 0.15) is 78.4 Å². The van der Waals surface area contributed by atoms with Gasteiger partial charge in [0, 0.05) is 42.2 Å². The molecule has 7 nitrogen and oxygen atoms in total. The molecule has 2 aliphatic rings. The summed E-state index contributed by atoms with van der Waals surface area (Å²) in [6, 6.07) is 8.63.